The number of nitrogens with one attached hydrogen (secondary N) is 1. The van der Waals surface area contributed by atoms with E-state index in [0.717, 1.165) is 16.9 Å². The molecule has 6 heteroatoms. The average molecular weight is 347 g/mol. The lowest BCUT2D eigenvalue weighted by atomic mass is 10.2. The van der Waals surface area contributed by atoms with Crippen LogP contribution >= 0.6 is 0 Å². The van der Waals surface area contributed by atoms with Crippen molar-refractivity contribution < 1.29 is 9.66 Å². The number of hydrogen-bond acceptors (Lipinski definition) is 5. The van der Waals surface area contributed by atoms with Crippen molar-refractivity contribution >= 4 is 17.6 Å². The lowest BCUT2D eigenvalue weighted by Crippen LogP contribution is -1.97. The highest BCUT2D eigenvalue weighted by Gasteiger charge is 2.10. The highest BCUT2D eigenvalue weighted by Crippen LogP contribution is 2.23. The first-order valence-corrected chi connectivity index (χ1v) is 8.01. The molecule has 0 heterocycles. The second-order valence-electron chi connectivity index (χ2n) is 5.49. The first kappa shape index (κ1) is 17.2. The molecule has 0 aromatic heterocycles. The molecule has 130 valence electrons. The highest BCUT2D eigenvalue weighted by molar-refractivity contribution is 5.80. The van der Waals surface area contributed by atoms with Gasteiger partial charge in [-0.1, -0.05) is 42.5 Å². The van der Waals surface area contributed by atoms with Gasteiger partial charge in [-0.05, 0) is 41.5 Å². The maximum atomic E-state index is 11.0. The van der Waals surface area contributed by atoms with Gasteiger partial charge in [-0.3, -0.25) is 15.5 Å². The molecule has 0 bridgehead atoms. The lowest BCUT2D eigenvalue weighted by Gasteiger charge is -2.06. The summed E-state index contributed by atoms with van der Waals surface area (Å²) < 4.78 is 5.73. The van der Waals surface area contributed by atoms with Crippen molar-refractivity contribution in [2.24, 2.45) is 5.10 Å². The van der Waals surface area contributed by atoms with E-state index in [1.54, 1.807) is 24.4 Å². The van der Waals surface area contributed by atoms with Crippen LogP contribution in [0.15, 0.2) is 84.0 Å². The fraction of sp³-hybridized carbons (Fsp3) is 0.0500. The summed E-state index contributed by atoms with van der Waals surface area (Å²) in [5.74, 6) is 0.762. The zero-order valence-electron chi connectivity index (χ0n) is 13.9. The Bertz CT molecular complexity index is 894. The SMILES string of the molecule is O=[N+]([O-])c1ccccc1N/N=C/c1ccc(OCc2ccccc2)cc1. The summed E-state index contributed by atoms with van der Waals surface area (Å²) in [6.07, 6.45) is 1.59. The normalized spacial score (nSPS) is 10.6. The van der Waals surface area contributed by atoms with Gasteiger partial charge < -0.3 is 4.74 Å². The summed E-state index contributed by atoms with van der Waals surface area (Å²) in [5, 5.41) is 15.0. The minimum atomic E-state index is -0.448. The molecule has 1 N–H and O–H groups in total. The Kier molecular flexibility index (Phi) is 5.57. The number of hydrogen-bond donors (Lipinski definition) is 1. The van der Waals surface area contributed by atoms with E-state index < -0.39 is 4.92 Å². The first-order valence-electron chi connectivity index (χ1n) is 8.01. The van der Waals surface area contributed by atoms with Crippen LogP contribution in [0.5, 0.6) is 5.75 Å². The van der Waals surface area contributed by atoms with Gasteiger partial charge in [-0.2, -0.15) is 5.10 Å². The molecule has 0 aliphatic carbocycles. The number of nitro benzene ring substituents is 1. The molecule has 0 fully saturated rings. The molecule has 3 aromatic carbocycles. The van der Waals surface area contributed by atoms with E-state index in [4.69, 9.17) is 4.74 Å². The molecule has 0 amide bonds. The molecule has 0 radical (unpaired) electrons. The van der Waals surface area contributed by atoms with Crippen molar-refractivity contribution in [2.75, 3.05) is 5.43 Å². The summed E-state index contributed by atoms with van der Waals surface area (Å²) in [7, 11) is 0. The van der Waals surface area contributed by atoms with Crippen LogP contribution in [-0.2, 0) is 6.61 Å². The number of ether oxygens (including phenoxy) is 1. The maximum Gasteiger partial charge on any atom is 0.294 e. The fourth-order valence-electron chi connectivity index (χ4n) is 2.29. The van der Waals surface area contributed by atoms with Crippen LogP contribution in [-0.4, -0.2) is 11.1 Å². The van der Waals surface area contributed by atoms with E-state index >= 15 is 0 Å². The van der Waals surface area contributed by atoms with Gasteiger partial charge >= 0.3 is 0 Å². The predicted molar refractivity (Wildman–Crippen MR) is 102 cm³/mol. The Hall–Kier alpha value is -3.67. The van der Waals surface area contributed by atoms with E-state index in [1.807, 2.05) is 54.6 Å². The molecule has 0 atom stereocenters. The van der Waals surface area contributed by atoms with Crippen LogP contribution in [0, 0.1) is 10.1 Å². The zero-order chi connectivity index (χ0) is 18.2. The van der Waals surface area contributed by atoms with E-state index in [2.05, 4.69) is 10.5 Å². The van der Waals surface area contributed by atoms with Gasteiger partial charge in [0.05, 0.1) is 11.1 Å². The molecular weight excluding hydrogens is 330 g/mol. The molecule has 0 aliphatic rings. The minimum Gasteiger partial charge on any atom is -0.489 e. The lowest BCUT2D eigenvalue weighted by molar-refractivity contribution is -0.384. The Morgan fingerprint density at radius 2 is 1.65 bits per heavy atom. The number of benzene rings is 3. The van der Waals surface area contributed by atoms with Crippen molar-refractivity contribution in [2.45, 2.75) is 6.61 Å². The number of nitro groups is 1. The van der Waals surface area contributed by atoms with Gasteiger partial charge in [-0.15, -0.1) is 0 Å². The van der Waals surface area contributed by atoms with Crippen LogP contribution in [0.3, 0.4) is 0 Å². The van der Waals surface area contributed by atoms with Crippen molar-refractivity contribution in [3.63, 3.8) is 0 Å². The second kappa shape index (κ2) is 8.43. The highest BCUT2D eigenvalue weighted by atomic mass is 16.6. The minimum absolute atomic E-state index is 0.0192. The summed E-state index contributed by atoms with van der Waals surface area (Å²) >= 11 is 0. The van der Waals surface area contributed by atoms with Gasteiger partial charge in [0.2, 0.25) is 0 Å². The molecular formula is C20H17N3O3. The van der Waals surface area contributed by atoms with Gasteiger partial charge in [0.25, 0.3) is 5.69 Å². The molecule has 3 rings (SSSR count). The molecule has 3 aromatic rings. The van der Waals surface area contributed by atoms with Crippen molar-refractivity contribution in [1.29, 1.82) is 0 Å². The van der Waals surface area contributed by atoms with Gasteiger partial charge in [0.1, 0.15) is 18.0 Å². The van der Waals surface area contributed by atoms with E-state index in [-0.39, 0.29) is 5.69 Å². The zero-order valence-corrected chi connectivity index (χ0v) is 13.9. The number of hydrazone groups is 1. The van der Waals surface area contributed by atoms with Crippen LogP contribution in [0.25, 0.3) is 0 Å². The summed E-state index contributed by atoms with van der Waals surface area (Å²) in [4.78, 5) is 10.5. The van der Waals surface area contributed by atoms with Crippen molar-refractivity contribution in [1.82, 2.24) is 0 Å². The van der Waals surface area contributed by atoms with Crippen LogP contribution in [0.2, 0.25) is 0 Å². The van der Waals surface area contributed by atoms with Crippen LogP contribution < -0.4 is 10.2 Å². The van der Waals surface area contributed by atoms with Crippen LogP contribution in [0.4, 0.5) is 11.4 Å². The van der Waals surface area contributed by atoms with E-state index in [9.17, 15) is 10.1 Å². The Balaban J connectivity index is 1.57. The topological polar surface area (TPSA) is 76.8 Å². The quantitative estimate of drug-likeness (QED) is 0.384. The monoisotopic (exact) mass is 347 g/mol. The summed E-state index contributed by atoms with van der Waals surface area (Å²) in [6.45, 7) is 0.507. The molecule has 0 saturated carbocycles. The van der Waals surface area contributed by atoms with Gasteiger partial charge in [0.15, 0.2) is 0 Å². The third-order valence-electron chi connectivity index (χ3n) is 3.63. The second-order valence-corrected chi connectivity index (χ2v) is 5.49. The Morgan fingerprint density at radius 1 is 0.962 bits per heavy atom. The van der Waals surface area contributed by atoms with E-state index in [0.29, 0.717) is 12.3 Å². The van der Waals surface area contributed by atoms with Gasteiger partial charge in [-0.25, -0.2) is 0 Å². The average Bonchev–Trinajstić information content (AvgIpc) is 2.68. The third kappa shape index (κ3) is 4.67. The Morgan fingerprint density at radius 3 is 2.38 bits per heavy atom. The summed E-state index contributed by atoms with van der Waals surface area (Å²) in [5.41, 5.74) is 4.98. The van der Waals surface area contributed by atoms with Gasteiger partial charge in [0, 0.05) is 6.07 Å². The smallest absolute Gasteiger partial charge is 0.294 e. The molecule has 0 aliphatic heterocycles. The predicted octanol–water partition coefficient (Wildman–Crippen LogP) is 4.62. The van der Waals surface area contributed by atoms with Crippen LogP contribution in [0.1, 0.15) is 11.1 Å². The molecule has 26 heavy (non-hydrogen) atoms. The number of para-hydroxylation sites is 2. The molecule has 0 saturated heterocycles. The fourth-order valence-corrected chi connectivity index (χ4v) is 2.29. The summed E-state index contributed by atoms with van der Waals surface area (Å²) in [6, 6.07) is 23.7. The maximum absolute atomic E-state index is 11.0. The molecule has 6 nitrogen and oxygen atoms in total. The van der Waals surface area contributed by atoms with Crippen molar-refractivity contribution in [3.05, 3.63) is 100 Å². The Labute approximate surface area is 150 Å². The number of anilines is 1. The standard InChI is InChI=1S/C20H17N3O3/c24-23(25)20-9-5-4-8-19(20)22-21-14-16-10-12-18(13-11-16)26-15-17-6-2-1-3-7-17/h1-14,22H,15H2/b21-14+. The molecule has 0 unspecified atom stereocenters. The number of rotatable bonds is 7. The largest absolute Gasteiger partial charge is 0.489 e. The third-order valence-corrected chi connectivity index (χ3v) is 3.63. The molecule has 0 spiro atoms. The van der Waals surface area contributed by atoms with Crippen molar-refractivity contribution in [3.8, 4) is 5.75 Å². The number of nitrogens with zero attached hydrogens (tertiary/aromatic N) is 2. The first-order chi connectivity index (χ1) is 12.7. The van der Waals surface area contributed by atoms with E-state index in [1.165, 1.54) is 6.07 Å².